The molecule has 0 radical (unpaired) electrons. The summed E-state index contributed by atoms with van der Waals surface area (Å²) < 4.78 is 0. The van der Waals surface area contributed by atoms with Crippen LogP contribution in [0.25, 0.3) is 0 Å². The third-order valence-electron chi connectivity index (χ3n) is 3.40. The quantitative estimate of drug-likeness (QED) is 0.677. The molecule has 1 atom stereocenters. The Bertz CT molecular complexity index is 197. The number of nitrogens with one attached hydrogen (secondary N) is 1. The van der Waals surface area contributed by atoms with Crippen molar-refractivity contribution in [1.29, 1.82) is 0 Å². The summed E-state index contributed by atoms with van der Waals surface area (Å²) in [6, 6.07) is 0.635. The van der Waals surface area contributed by atoms with Gasteiger partial charge in [0.05, 0.1) is 0 Å². The fourth-order valence-corrected chi connectivity index (χ4v) is 2.36. The Morgan fingerprint density at radius 3 is 2.64 bits per heavy atom. The molecule has 14 heavy (non-hydrogen) atoms. The number of likely N-dealkylation sites (tertiary alicyclic amines) is 1. The second-order valence-corrected chi connectivity index (χ2v) is 4.33. The molecule has 0 saturated carbocycles. The van der Waals surface area contributed by atoms with Crippen molar-refractivity contribution in [3.63, 3.8) is 0 Å². The molecule has 0 spiro atoms. The zero-order valence-electron chi connectivity index (χ0n) is 8.65. The van der Waals surface area contributed by atoms with Crippen molar-refractivity contribution in [3.8, 4) is 0 Å². The number of nitrogens with zero attached hydrogens (tertiary/aromatic N) is 1. The molecule has 2 N–H and O–H groups in total. The topological polar surface area (TPSA) is 35.5 Å². The van der Waals surface area contributed by atoms with Gasteiger partial charge in [0.1, 0.15) is 0 Å². The first-order valence-corrected chi connectivity index (χ1v) is 5.65. The summed E-state index contributed by atoms with van der Waals surface area (Å²) in [6.45, 7) is 3.78. The fraction of sp³-hybridized carbons (Fsp3) is 0.818. The number of hydrogen-bond acceptors (Lipinski definition) is 3. The van der Waals surface area contributed by atoms with Crippen molar-refractivity contribution in [1.82, 2.24) is 10.2 Å². The number of aliphatic hydroxyl groups excluding tert-OH is 1. The first-order valence-electron chi connectivity index (χ1n) is 5.65. The van der Waals surface area contributed by atoms with E-state index in [9.17, 15) is 0 Å². The molecule has 3 nitrogen and oxygen atoms in total. The van der Waals surface area contributed by atoms with Crippen molar-refractivity contribution >= 4 is 0 Å². The molecule has 0 aliphatic carbocycles. The molecule has 0 aromatic heterocycles. The van der Waals surface area contributed by atoms with Crippen molar-refractivity contribution in [2.75, 3.05) is 26.2 Å². The average Bonchev–Trinajstić information content (AvgIpc) is 2.30. The SMILES string of the molecule is OCC1CCN(C2C=CNCC2)CC1. The Morgan fingerprint density at radius 2 is 2.07 bits per heavy atom. The standard InChI is InChI=1S/C11H20N2O/c14-9-10-3-7-13(8-4-10)11-1-5-12-6-2-11/h1,5,10-12,14H,2-4,6-9H2. The van der Waals surface area contributed by atoms with Gasteiger partial charge in [-0.25, -0.2) is 0 Å². The molecule has 1 unspecified atom stereocenters. The molecule has 0 amide bonds. The molecule has 2 rings (SSSR count). The molecule has 2 heterocycles. The van der Waals surface area contributed by atoms with Crippen LogP contribution in [0.3, 0.4) is 0 Å². The minimum absolute atomic E-state index is 0.371. The van der Waals surface area contributed by atoms with Gasteiger partial charge in [-0.2, -0.15) is 0 Å². The van der Waals surface area contributed by atoms with Gasteiger partial charge >= 0.3 is 0 Å². The number of rotatable bonds is 2. The van der Waals surface area contributed by atoms with E-state index < -0.39 is 0 Å². The van der Waals surface area contributed by atoms with Gasteiger partial charge in [-0.15, -0.1) is 0 Å². The van der Waals surface area contributed by atoms with Crippen molar-refractivity contribution in [2.24, 2.45) is 5.92 Å². The van der Waals surface area contributed by atoms with Crippen molar-refractivity contribution in [3.05, 3.63) is 12.3 Å². The maximum Gasteiger partial charge on any atom is 0.0460 e. The molecule has 0 aromatic rings. The number of piperidine rings is 1. The van der Waals surface area contributed by atoms with Crippen LogP contribution in [0.5, 0.6) is 0 Å². The Morgan fingerprint density at radius 1 is 1.29 bits per heavy atom. The van der Waals surface area contributed by atoms with Crippen molar-refractivity contribution < 1.29 is 5.11 Å². The normalized spacial score (nSPS) is 30.2. The lowest BCUT2D eigenvalue weighted by molar-refractivity contribution is 0.110. The third-order valence-corrected chi connectivity index (χ3v) is 3.40. The summed E-state index contributed by atoms with van der Waals surface area (Å²) in [7, 11) is 0. The number of aliphatic hydroxyl groups is 1. The highest BCUT2D eigenvalue weighted by molar-refractivity contribution is 4.98. The van der Waals surface area contributed by atoms with E-state index in [-0.39, 0.29) is 0 Å². The molecule has 0 aromatic carbocycles. The van der Waals surface area contributed by atoms with E-state index in [1.165, 1.54) is 6.42 Å². The fourth-order valence-electron chi connectivity index (χ4n) is 2.36. The summed E-state index contributed by atoms with van der Waals surface area (Å²) in [5.41, 5.74) is 0. The highest BCUT2D eigenvalue weighted by atomic mass is 16.3. The molecule has 1 fully saturated rings. The van der Waals surface area contributed by atoms with Crippen LogP contribution in [-0.2, 0) is 0 Å². The highest BCUT2D eigenvalue weighted by Gasteiger charge is 2.23. The molecule has 2 aliphatic rings. The molecular formula is C11H20N2O. The molecule has 0 bridgehead atoms. The maximum atomic E-state index is 9.05. The van der Waals surface area contributed by atoms with Crippen LogP contribution < -0.4 is 5.32 Å². The van der Waals surface area contributed by atoms with Gasteiger partial charge in [-0.05, 0) is 44.5 Å². The lowest BCUT2D eigenvalue weighted by atomic mass is 9.96. The van der Waals surface area contributed by atoms with Gasteiger partial charge in [0, 0.05) is 19.2 Å². The van der Waals surface area contributed by atoms with Gasteiger partial charge in [-0.1, -0.05) is 6.08 Å². The third kappa shape index (κ3) is 2.28. The Balaban J connectivity index is 1.82. The van der Waals surface area contributed by atoms with E-state index in [1.807, 2.05) is 0 Å². The van der Waals surface area contributed by atoms with Crippen LogP contribution in [-0.4, -0.2) is 42.3 Å². The highest BCUT2D eigenvalue weighted by Crippen LogP contribution is 2.20. The first kappa shape index (κ1) is 9.99. The molecular weight excluding hydrogens is 176 g/mol. The predicted octanol–water partition coefficient (Wildman–Crippen LogP) is 0.566. The number of hydrogen-bond donors (Lipinski definition) is 2. The van der Waals surface area contributed by atoms with Crippen LogP contribution in [0.15, 0.2) is 12.3 Å². The second-order valence-electron chi connectivity index (χ2n) is 4.33. The smallest absolute Gasteiger partial charge is 0.0460 e. The van der Waals surface area contributed by atoms with Crippen LogP contribution in [0.4, 0.5) is 0 Å². The molecule has 3 heteroatoms. The lowest BCUT2D eigenvalue weighted by Crippen LogP contribution is -2.43. The second kappa shape index (κ2) is 4.80. The monoisotopic (exact) mass is 196 g/mol. The summed E-state index contributed by atoms with van der Waals surface area (Å²) in [6.07, 6.45) is 7.89. The van der Waals surface area contributed by atoms with Crippen LogP contribution >= 0.6 is 0 Å². The Labute approximate surface area is 85.8 Å². The first-order chi connectivity index (χ1) is 6.90. The summed E-state index contributed by atoms with van der Waals surface area (Å²) in [4.78, 5) is 2.55. The Hall–Kier alpha value is -0.540. The largest absolute Gasteiger partial charge is 0.396 e. The van der Waals surface area contributed by atoms with Gasteiger partial charge in [0.2, 0.25) is 0 Å². The summed E-state index contributed by atoms with van der Waals surface area (Å²) >= 11 is 0. The van der Waals surface area contributed by atoms with Crippen LogP contribution in [0.2, 0.25) is 0 Å². The van der Waals surface area contributed by atoms with E-state index in [1.54, 1.807) is 0 Å². The van der Waals surface area contributed by atoms with Gasteiger partial charge in [0.15, 0.2) is 0 Å². The lowest BCUT2D eigenvalue weighted by Gasteiger charge is -2.37. The van der Waals surface area contributed by atoms with E-state index in [2.05, 4.69) is 22.5 Å². The van der Waals surface area contributed by atoms with Gasteiger partial charge < -0.3 is 10.4 Å². The zero-order chi connectivity index (χ0) is 9.80. The van der Waals surface area contributed by atoms with Gasteiger partial charge in [-0.3, -0.25) is 4.90 Å². The van der Waals surface area contributed by atoms with Crippen LogP contribution in [0.1, 0.15) is 19.3 Å². The van der Waals surface area contributed by atoms with Gasteiger partial charge in [0.25, 0.3) is 0 Å². The molecule has 1 saturated heterocycles. The summed E-state index contributed by atoms with van der Waals surface area (Å²) in [5, 5.41) is 12.3. The van der Waals surface area contributed by atoms with E-state index in [0.717, 1.165) is 32.5 Å². The average molecular weight is 196 g/mol. The zero-order valence-corrected chi connectivity index (χ0v) is 8.65. The summed E-state index contributed by atoms with van der Waals surface area (Å²) in [5.74, 6) is 0.553. The van der Waals surface area contributed by atoms with Crippen molar-refractivity contribution in [2.45, 2.75) is 25.3 Å². The van der Waals surface area contributed by atoms with Crippen LogP contribution in [0, 0.1) is 5.92 Å². The van der Waals surface area contributed by atoms with E-state index in [4.69, 9.17) is 5.11 Å². The Kier molecular flexibility index (Phi) is 3.43. The van der Waals surface area contributed by atoms with E-state index in [0.29, 0.717) is 18.6 Å². The maximum absolute atomic E-state index is 9.05. The minimum atomic E-state index is 0.371. The minimum Gasteiger partial charge on any atom is -0.396 e. The molecule has 80 valence electrons. The van der Waals surface area contributed by atoms with E-state index >= 15 is 0 Å². The molecule has 2 aliphatic heterocycles. The predicted molar refractivity (Wildman–Crippen MR) is 56.9 cm³/mol.